The summed E-state index contributed by atoms with van der Waals surface area (Å²) in [4.78, 5) is 12.7. The molecule has 0 saturated carbocycles. The quantitative estimate of drug-likeness (QED) is 0.512. The first-order chi connectivity index (χ1) is 10.2. The molecule has 0 fully saturated rings. The van der Waals surface area contributed by atoms with Crippen molar-refractivity contribution in [2.45, 2.75) is 0 Å². The van der Waals surface area contributed by atoms with E-state index in [0.29, 0.717) is 0 Å². The van der Waals surface area contributed by atoms with Crippen molar-refractivity contribution in [1.29, 1.82) is 0 Å². The minimum atomic E-state index is 0.115. The topological polar surface area (TPSA) is 17.1 Å². The fourth-order valence-corrected chi connectivity index (χ4v) is 3.16. The normalized spacial score (nSPS) is 12.5. The molecular weight excluding hydrogens is 324 g/mol. The van der Waals surface area contributed by atoms with Crippen molar-refractivity contribution in [2.24, 2.45) is 0 Å². The molecule has 100 valence electrons. The van der Waals surface area contributed by atoms with E-state index in [1.54, 1.807) is 0 Å². The minimum absolute atomic E-state index is 0.115. The molecule has 4 aromatic rings. The van der Waals surface area contributed by atoms with Gasteiger partial charge in [-0.3, -0.25) is 4.79 Å². The van der Waals surface area contributed by atoms with Gasteiger partial charge in [0.25, 0.3) is 0 Å². The molecule has 0 bridgehead atoms. The summed E-state index contributed by atoms with van der Waals surface area (Å²) in [6.45, 7) is 0. The van der Waals surface area contributed by atoms with E-state index < -0.39 is 0 Å². The molecule has 1 nitrogen and oxygen atoms in total. The highest BCUT2D eigenvalue weighted by molar-refractivity contribution is 9.10. The average Bonchev–Trinajstić information content (AvgIpc) is 2.78. The van der Waals surface area contributed by atoms with E-state index in [1.807, 2.05) is 54.6 Å². The van der Waals surface area contributed by atoms with Crippen LogP contribution < -0.4 is 10.6 Å². The Kier molecular flexibility index (Phi) is 2.79. The second kappa shape index (κ2) is 4.68. The van der Waals surface area contributed by atoms with Gasteiger partial charge >= 0.3 is 0 Å². The maximum absolute atomic E-state index is 12.7. The molecule has 0 heterocycles. The first-order valence-electron chi connectivity index (χ1n) is 6.78. The molecule has 2 heteroatoms. The van der Waals surface area contributed by atoms with Crippen molar-refractivity contribution in [1.82, 2.24) is 0 Å². The summed E-state index contributed by atoms with van der Waals surface area (Å²) in [5.41, 5.74) is 1.15. The Morgan fingerprint density at radius 1 is 0.810 bits per heavy atom. The van der Waals surface area contributed by atoms with Crippen molar-refractivity contribution < 1.29 is 0 Å². The molecule has 0 atom stereocenters. The van der Waals surface area contributed by atoms with Gasteiger partial charge in [-0.25, -0.2) is 0 Å². The molecule has 0 aliphatic heterocycles. The van der Waals surface area contributed by atoms with Gasteiger partial charge in [0.2, 0.25) is 0 Å². The second-order valence-electron chi connectivity index (χ2n) is 5.15. The minimum Gasteiger partial charge on any atom is -0.289 e. The predicted octanol–water partition coefficient (Wildman–Crippen LogP) is 4.10. The van der Waals surface area contributed by atoms with Crippen LogP contribution >= 0.6 is 15.9 Å². The fraction of sp³-hybridized carbons (Fsp3) is 0. The van der Waals surface area contributed by atoms with Crippen LogP contribution in [0.2, 0.25) is 0 Å². The zero-order valence-electron chi connectivity index (χ0n) is 11.1. The molecule has 4 rings (SSSR count). The van der Waals surface area contributed by atoms with Gasteiger partial charge in [0.15, 0.2) is 5.43 Å². The lowest BCUT2D eigenvalue weighted by molar-refractivity contribution is 1.59. The van der Waals surface area contributed by atoms with E-state index in [9.17, 15) is 4.79 Å². The maximum Gasteiger partial charge on any atom is 0.194 e. The number of hydrogen-bond donors (Lipinski definition) is 0. The molecule has 4 aromatic carbocycles. The summed E-state index contributed by atoms with van der Waals surface area (Å²) in [5.74, 6) is 0. The Balaban J connectivity index is 2.14. The molecule has 21 heavy (non-hydrogen) atoms. The number of halogens is 1. The largest absolute Gasteiger partial charge is 0.289 e. The standard InChI is InChI=1S/C19H11BrO/c20-14-9-7-12(8-10-14)11-17-15-5-1-3-13-4-2-6-16(18(13)15)19(17)21/h1-11H/b17-11-. The van der Waals surface area contributed by atoms with Crippen molar-refractivity contribution in [2.75, 3.05) is 0 Å². The van der Waals surface area contributed by atoms with Crippen molar-refractivity contribution in [3.8, 4) is 0 Å². The summed E-state index contributed by atoms with van der Waals surface area (Å²) < 4.78 is 1.03. The van der Waals surface area contributed by atoms with E-state index in [-0.39, 0.29) is 5.43 Å². The maximum atomic E-state index is 12.7. The van der Waals surface area contributed by atoms with Gasteiger partial charge in [-0.2, -0.15) is 0 Å². The third kappa shape index (κ3) is 1.95. The fourth-order valence-electron chi connectivity index (χ4n) is 2.89. The van der Waals surface area contributed by atoms with Gasteiger partial charge in [0.05, 0.1) is 0 Å². The Hall–Kier alpha value is -2.19. The van der Waals surface area contributed by atoms with E-state index in [0.717, 1.165) is 36.8 Å². The molecule has 0 saturated heterocycles. The van der Waals surface area contributed by atoms with Crippen molar-refractivity contribution in [3.05, 3.63) is 86.1 Å². The van der Waals surface area contributed by atoms with Gasteiger partial charge in [0, 0.05) is 20.5 Å². The third-order valence-corrected chi connectivity index (χ3v) is 4.39. The van der Waals surface area contributed by atoms with Gasteiger partial charge in [-0.15, -0.1) is 0 Å². The van der Waals surface area contributed by atoms with Gasteiger partial charge in [-0.1, -0.05) is 64.5 Å². The highest BCUT2D eigenvalue weighted by Crippen LogP contribution is 2.22. The van der Waals surface area contributed by atoms with Crippen LogP contribution in [0.25, 0.3) is 27.6 Å². The van der Waals surface area contributed by atoms with Crippen molar-refractivity contribution in [3.63, 3.8) is 0 Å². The number of rotatable bonds is 1. The third-order valence-electron chi connectivity index (χ3n) is 3.87. The molecule has 0 radical (unpaired) electrons. The van der Waals surface area contributed by atoms with E-state index in [4.69, 9.17) is 0 Å². The Morgan fingerprint density at radius 3 is 2.19 bits per heavy atom. The Morgan fingerprint density at radius 2 is 1.48 bits per heavy atom. The van der Waals surface area contributed by atoms with Crippen LogP contribution in [0.4, 0.5) is 0 Å². The predicted molar refractivity (Wildman–Crippen MR) is 91.8 cm³/mol. The number of hydrogen-bond acceptors (Lipinski definition) is 1. The lowest BCUT2D eigenvalue weighted by Gasteiger charge is -1.96. The molecule has 0 amide bonds. The van der Waals surface area contributed by atoms with E-state index in [1.165, 1.54) is 0 Å². The highest BCUT2D eigenvalue weighted by Gasteiger charge is 2.10. The van der Waals surface area contributed by atoms with E-state index in [2.05, 4.69) is 28.1 Å². The zero-order valence-corrected chi connectivity index (χ0v) is 12.7. The van der Waals surface area contributed by atoms with Crippen LogP contribution in [0.5, 0.6) is 0 Å². The summed E-state index contributed by atoms with van der Waals surface area (Å²) in [5, 5.41) is 4.83. The summed E-state index contributed by atoms with van der Waals surface area (Å²) in [6.07, 6.45) is 1.98. The average molecular weight is 335 g/mol. The summed E-state index contributed by atoms with van der Waals surface area (Å²) >= 11 is 3.43. The number of benzene rings is 3. The molecule has 0 unspecified atom stereocenters. The van der Waals surface area contributed by atoms with Crippen LogP contribution in [-0.4, -0.2) is 0 Å². The lowest BCUT2D eigenvalue weighted by Crippen LogP contribution is -2.19. The summed E-state index contributed by atoms with van der Waals surface area (Å²) in [7, 11) is 0. The summed E-state index contributed by atoms with van der Waals surface area (Å²) in [6, 6.07) is 20.0. The van der Waals surface area contributed by atoms with Gasteiger partial charge < -0.3 is 0 Å². The Bertz CT molecular complexity index is 1040. The highest BCUT2D eigenvalue weighted by atomic mass is 79.9. The first kappa shape index (κ1) is 12.5. The molecule has 0 aliphatic rings. The SMILES string of the molecule is O=c1/c(=C\c2ccc(Br)cc2)c2cccc3cccc1c32. The molecular formula is C19H11BrO. The van der Waals surface area contributed by atoms with Gasteiger partial charge in [-0.05, 0) is 34.5 Å². The van der Waals surface area contributed by atoms with Crippen molar-refractivity contribution >= 4 is 43.6 Å². The van der Waals surface area contributed by atoms with Crippen LogP contribution in [0.15, 0.2) is 69.9 Å². The van der Waals surface area contributed by atoms with E-state index >= 15 is 0 Å². The molecule has 0 aliphatic carbocycles. The molecule has 0 N–H and O–H groups in total. The molecule has 0 aromatic heterocycles. The van der Waals surface area contributed by atoms with Crippen LogP contribution in [0, 0.1) is 0 Å². The monoisotopic (exact) mass is 334 g/mol. The van der Waals surface area contributed by atoms with Gasteiger partial charge in [0.1, 0.15) is 0 Å². The first-order valence-corrected chi connectivity index (χ1v) is 7.57. The van der Waals surface area contributed by atoms with Crippen LogP contribution in [0.1, 0.15) is 5.56 Å². The smallest absolute Gasteiger partial charge is 0.194 e. The van der Waals surface area contributed by atoms with Crippen LogP contribution in [-0.2, 0) is 0 Å². The Labute approximate surface area is 130 Å². The second-order valence-corrected chi connectivity index (χ2v) is 6.06. The lowest BCUT2D eigenvalue weighted by atomic mass is 10.1. The van der Waals surface area contributed by atoms with Crippen LogP contribution in [0.3, 0.4) is 0 Å². The zero-order chi connectivity index (χ0) is 14.4. The molecule has 0 spiro atoms.